The van der Waals surface area contributed by atoms with E-state index in [4.69, 9.17) is 9.47 Å². The molecular weight excluding hydrogens is 465 g/mol. The molecular formula is C20H15F3N4O5S. The van der Waals surface area contributed by atoms with E-state index < -0.39 is 51.6 Å². The molecule has 0 unspecified atom stereocenters. The quantitative estimate of drug-likeness (QED) is 0.553. The molecule has 3 aromatic rings. The van der Waals surface area contributed by atoms with Gasteiger partial charge in [-0.1, -0.05) is 12.1 Å². The first kappa shape index (κ1) is 22.3. The number of aromatic nitrogens is 2. The molecule has 33 heavy (non-hydrogen) atoms. The van der Waals surface area contributed by atoms with Crippen LogP contribution in [0.15, 0.2) is 47.5 Å². The number of fused-ring (bicyclic) bond motifs is 1. The molecule has 0 fully saturated rings. The second kappa shape index (κ2) is 8.24. The van der Waals surface area contributed by atoms with Crippen LogP contribution in [0.2, 0.25) is 0 Å². The lowest BCUT2D eigenvalue weighted by atomic mass is 10.1. The number of anilines is 2. The second-order valence-corrected chi connectivity index (χ2v) is 8.46. The Bertz CT molecular complexity index is 1350. The lowest BCUT2D eigenvalue weighted by molar-refractivity contribution is 0.253. The van der Waals surface area contributed by atoms with Crippen LogP contribution in [0, 0.1) is 17.5 Å². The predicted molar refractivity (Wildman–Crippen MR) is 109 cm³/mol. The van der Waals surface area contributed by atoms with Gasteiger partial charge >= 0.3 is 6.03 Å². The molecule has 172 valence electrons. The highest BCUT2D eigenvalue weighted by atomic mass is 32.2. The first-order valence-corrected chi connectivity index (χ1v) is 10.7. The van der Waals surface area contributed by atoms with Crippen LogP contribution in [0.5, 0.6) is 11.6 Å². The number of para-hydroxylation sites is 1. The third-order valence-corrected chi connectivity index (χ3v) is 6.51. The third-order valence-electron chi connectivity index (χ3n) is 4.81. The maximum absolute atomic E-state index is 14.3. The van der Waals surface area contributed by atoms with Crippen molar-refractivity contribution in [1.29, 1.82) is 0 Å². The van der Waals surface area contributed by atoms with E-state index in [0.717, 1.165) is 11.1 Å². The van der Waals surface area contributed by atoms with Gasteiger partial charge in [0.1, 0.15) is 22.3 Å². The smallest absolute Gasteiger partial charge is 0.346 e. The van der Waals surface area contributed by atoms with Gasteiger partial charge in [0, 0.05) is 17.7 Å². The van der Waals surface area contributed by atoms with Crippen molar-refractivity contribution >= 4 is 27.7 Å². The number of halogens is 3. The number of ether oxygens (including phenoxy) is 2. The maximum Gasteiger partial charge on any atom is 0.346 e. The number of rotatable bonds is 5. The molecule has 0 atom stereocenters. The average Bonchev–Trinajstić information content (AvgIpc) is 2.77. The van der Waals surface area contributed by atoms with Crippen LogP contribution in [0.3, 0.4) is 0 Å². The van der Waals surface area contributed by atoms with Crippen molar-refractivity contribution < 1.29 is 35.9 Å². The molecule has 4 rings (SSSR count). The molecule has 1 aliphatic heterocycles. The van der Waals surface area contributed by atoms with Crippen LogP contribution in [0.25, 0.3) is 0 Å². The fourth-order valence-electron chi connectivity index (χ4n) is 3.27. The highest BCUT2D eigenvalue weighted by Gasteiger charge is 2.44. The largest absolute Gasteiger partial charge is 0.490 e. The van der Waals surface area contributed by atoms with Gasteiger partial charge in [-0.15, -0.1) is 4.31 Å². The standard InChI is InChI=1S/C20H15F3N4O5S/c1-31-16-9-24-19(25-18(16)32-2)27-20(28)26(10-12-13(22)7-11(21)8-14(12)23)15-5-3-4-6-17(15)33(27,29)30/h3-9H,10H2,1-2H3. The zero-order chi connectivity index (χ0) is 23.9. The molecule has 0 radical (unpaired) electrons. The summed E-state index contributed by atoms with van der Waals surface area (Å²) in [6.07, 6.45) is 1.11. The molecule has 0 N–H and O–H groups in total. The Morgan fingerprint density at radius 2 is 1.70 bits per heavy atom. The molecule has 0 saturated carbocycles. The number of hydrogen-bond donors (Lipinski definition) is 0. The number of carbonyl (C=O) groups is 1. The average molecular weight is 480 g/mol. The van der Waals surface area contributed by atoms with E-state index in [9.17, 15) is 26.4 Å². The monoisotopic (exact) mass is 480 g/mol. The first-order chi connectivity index (χ1) is 15.7. The SMILES string of the molecule is COc1cnc(N2C(=O)N(Cc3c(F)cc(F)cc3F)c3ccccc3S2(=O)=O)nc1OC. The summed E-state index contributed by atoms with van der Waals surface area (Å²) in [7, 11) is -1.94. The molecule has 2 amide bonds. The molecule has 0 aliphatic carbocycles. The molecule has 0 saturated heterocycles. The minimum absolute atomic E-state index is 0.0795. The number of nitrogens with zero attached hydrogens (tertiary/aromatic N) is 4. The van der Waals surface area contributed by atoms with Gasteiger partial charge in [-0.25, -0.2) is 31.4 Å². The van der Waals surface area contributed by atoms with Crippen LogP contribution < -0.4 is 18.7 Å². The molecule has 13 heteroatoms. The summed E-state index contributed by atoms with van der Waals surface area (Å²) in [6, 6.07) is 5.11. The number of benzene rings is 2. The molecule has 0 spiro atoms. The summed E-state index contributed by atoms with van der Waals surface area (Å²) in [4.78, 5) is 21.7. The van der Waals surface area contributed by atoms with Crippen molar-refractivity contribution in [3.8, 4) is 11.6 Å². The minimum atomic E-state index is -4.51. The van der Waals surface area contributed by atoms with E-state index in [0.29, 0.717) is 12.1 Å². The fourth-order valence-corrected chi connectivity index (χ4v) is 4.77. The van der Waals surface area contributed by atoms with E-state index in [-0.39, 0.29) is 26.5 Å². The molecule has 0 bridgehead atoms. The summed E-state index contributed by atoms with van der Waals surface area (Å²) in [5.74, 6) is -4.25. The molecule has 1 aliphatic rings. The Morgan fingerprint density at radius 3 is 2.33 bits per heavy atom. The van der Waals surface area contributed by atoms with Crippen LogP contribution in [-0.2, 0) is 16.6 Å². The highest BCUT2D eigenvalue weighted by Crippen LogP contribution is 2.38. The van der Waals surface area contributed by atoms with E-state index in [2.05, 4.69) is 9.97 Å². The van der Waals surface area contributed by atoms with Crippen molar-refractivity contribution in [2.45, 2.75) is 11.4 Å². The van der Waals surface area contributed by atoms with Crippen LogP contribution in [0.4, 0.5) is 29.6 Å². The maximum atomic E-state index is 14.3. The Kier molecular flexibility index (Phi) is 5.57. The van der Waals surface area contributed by atoms with Crippen molar-refractivity contribution in [1.82, 2.24) is 9.97 Å². The Morgan fingerprint density at radius 1 is 1.03 bits per heavy atom. The Balaban J connectivity index is 1.89. The molecule has 1 aromatic heterocycles. The number of methoxy groups -OCH3 is 2. The second-order valence-electron chi connectivity index (χ2n) is 6.70. The zero-order valence-electron chi connectivity index (χ0n) is 17.1. The van der Waals surface area contributed by atoms with Crippen LogP contribution in [0.1, 0.15) is 5.56 Å². The van der Waals surface area contributed by atoms with E-state index in [1.807, 2.05) is 0 Å². The van der Waals surface area contributed by atoms with Crippen molar-refractivity contribution in [2.24, 2.45) is 0 Å². The zero-order valence-corrected chi connectivity index (χ0v) is 17.9. The van der Waals surface area contributed by atoms with Crippen molar-refractivity contribution in [3.63, 3.8) is 0 Å². The van der Waals surface area contributed by atoms with Gasteiger partial charge in [0.05, 0.1) is 32.6 Å². The van der Waals surface area contributed by atoms with Crippen molar-refractivity contribution in [3.05, 3.63) is 65.6 Å². The van der Waals surface area contributed by atoms with Gasteiger partial charge in [-0.05, 0) is 12.1 Å². The highest BCUT2D eigenvalue weighted by molar-refractivity contribution is 7.94. The van der Waals surface area contributed by atoms with Gasteiger partial charge in [-0.3, -0.25) is 4.90 Å². The number of urea groups is 1. The van der Waals surface area contributed by atoms with E-state index in [1.54, 1.807) is 0 Å². The van der Waals surface area contributed by atoms with E-state index in [1.165, 1.54) is 38.5 Å². The van der Waals surface area contributed by atoms with Gasteiger partial charge in [0.25, 0.3) is 21.9 Å². The van der Waals surface area contributed by atoms with Gasteiger partial charge < -0.3 is 9.47 Å². The fraction of sp³-hybridized carbons (Fsp3) is 0.150. The third kappa shape index (κ3) is 3.69. The number of carbonyl (C=O) groups excluding carboxylic acids is 1. The summed E-state index contributed by atoms with van der Waals surface area (Å²) < 4.78 is 78.9. The lowest BCUT2D eigenvalue weighted by Crippen LogP contribution is -2.51. The predicted octanol–water partition coefficient (Wildman–Crippen LogP) is 3.25. The summed E-state index contributed by atoms with van der Waals surface area (Å²) in [5, 5.41) is 0. The lowest BCUT2D eigenvalue weighted by Gasteiger charge is -2.35. The Hall–Kier alpha value is -3.87. The number of amides is 2. The van der Waals surface area contributed by atoms with Crippen LogP contribution in [-0.4, -0.2) is 38.6 Å². The van der Waals surface area contributed by atoms with E-state index >= 15 is 0 Å². The molecule has 2 heterocycles. The number of sulfonamides is 1. The van der Waals surface area contributed by atoms with Crippen LogP contribution >= 0.6 is 0 Å². The Labute approximate surface area is 186 Å². The number of hydrogen-bond acceptors (Lipinski definition) is 7. The molecule has 9 nitrogen and oxygen atoms in total. The summed E-state index contributed by atoms with van der Waals surface area (Å²) >= 11 is 0. The summed E-state index contributed by atoms with van der Waals surface area (Å²) in [5.41, 5.74) is -0.755. The first-order valence-electron chi connectivity index (χ1n) is 9.23. The van der Waals surface area contributed by atoms with Gasteiger partial charge in [-0.2, -0.15) is 4.98 Å². The van der Waals surface area contributed by atoms with Crippen molar-refractivity contribution in [2.75, 3.05) is 23.4 Å². The van der Waals surface area contributed by atoms with Gasteiger partial charge in [0.15, 0.2) is 5.75 Å². The van der Waals surface area contributed by atoms with Gasteiger partial charge in [0.2, 0.25) is 0 Å². The minimum Gasteiger partial charge on any atom is -0.490 e. The normalized spacial score (nSPS) is 14.8. The molecule has 2 aromatic carbocycles. The topological polar surface area (TPSA) is 102 Å². The summed E-state index contributed by atoms with van der Waals surface area (Å²) in [6.45, 7) is -0.729.